The Kier molecular flexibility index (Phi) is 3.09. The van der Waals surface area contributed by atoms with Crippen molar-refractivity contribution in [3.63, 3.8) is 0 Å². The summed E-state index contributed by atoms with van der Waals surface area (Å²) in [6.07, 6.45) is 1.10. The highest BCUT2D eigenvalue weighted by molar-refractivity contribution is 4.93. The largest absolute Gasteiger partial charge is 0.379 e. The molecule has 0 aromatic rings. The van der Waals surface area contributed by atoms with Gasteiger partial charge in [0.2, 0.25) is 0 Å². The van der Waals surface area contributed by atoms with E-state index >= 15 is 0 Å². The molecule has 0 spiro atoms. The molecule has 3 heteroatoms. The molecule has 0 aromatic heterocycles. The fraction of sp³-hybridized carbons (Fsp3) is 1.00. The van der Waals surface area contributed by atoms with Gasteiger partial charge in [-0.05, 0) is 13.8 Å². The number of hydrogen-bond acceptors (Lipinski definition) is 3. The summed E-state index contributed by atoms with van der Waals surface area (Å²) in [5.74, 6) is 0. The molecule has 0 radical (unpaired) electrons. The van der Waals surface area contributed by atoms with Crippen LogP contribution >= 0.6 is 0 Å². The van der Waals surface area contributed by atoms with Crippen LogP contribution in [0.25, 0.3) is 0 Å². The second-order valence-electron chi connectivity index (χ2n) is 3.50. The summed E-state index contributed by atoms with van der Waals surface area (Å²) in [5.41, 5.74) is -0.171. The first kappa shape index (κ1) is 9.96. The van der Waals surface area contributed by atoms with Gasteiger partial charge in [-0.1, -0.05) is 0 Å². The van der Waals surface area contributed by atoms with Gasteiger partial charge in [-0.3, -0.25) is 0 Å². The van der Waals surface area contributed by atoms with Crippen molar-refractivity contribution in [1.82, 2.24) is 0 Å². The van der Waals surface area contributed by atoms with Crippen molar-refractivity contribution < 1.29 is 14.2 Å². The zero-order valence-corrected chi connectivity index (χ0v) is 8.29. The molecule has 1 aliphatic rings. The first-order chi connectivity index (χ1) is 5.64. The van der Waals surface area contributed by atoms with Crippen LogP contribution in [0.15, 0.2) is 0 Å². The molecule has 0 N–H and O–H groups in total. The van der Waals surface area contributed by atoms with E-state index in [4.69, 9.17) is 14.2 Å². The molecule has 0 aromatic carbocycles. The first-order valence-corrected chi connectivity index (χ1v) is 4.33. The predicted octanol–water partition coefficient (Wildman–Crippen LogP) is 1.22. The summed E-state index contributed by atoms with van der Waals surface area (Å²) in [4.78, 5) is 0. The summed E-state index contributed by atoms with van der Waals surface area (Å²) < 4.78 is 16.2. The van der Waals surface area contributed by atoms with E-state index in [1.165, 1.54) is 0 Å². The SMILES string of the molecule is CO[C@H](C)[C@@H]1OCC[C@]1(C)OC. The van der Waals surface area contributed by atoms with Gasteiger partial charge >= 0.3 is 0 Å². The summed E-state index contributed by atoms with van der Waals surface area (Å²) in [5, 5.41) is 0. The molecule has 3 nitrogen and oxygen atoms in total. The molecular weight excluding hydrogens is 156 g/mol. The van der Waals surface area contributed by atoms with Gasteiger partial charge < -0.3 is 14.2 Å². The molecule has 3 atom stereocenters. The van der Waals surface area contributed by atoms with Crippen LogP contribution in [-0.2, 0) is 14.2 Å². The Hall–Kier alpha value is -0.120. The molecular formula is C9H18O3. The zero-order chi connectivity index (χ0) is 9.19. The lowest BCUT2D eigenvalue weighted by Gasteiger charge is -2.31. The van der Waals surface area contributed by atoms with E-state index in [9.17, 15) is 0 Å². The van der Waals surface area contributed by atoms with Crippen LogP contribution in [0.1, 0.15) is 20.3 Å². The molecule has 1 rings (SSSR count). The van der Waals surface area contributed by atoms with Crippen molar-refractivity contribution in [3.8, 4) is 0 Å². The van der Waals surface area contributed by atoms with Crippen LogP contribution in [0.5, 0.6) is 0 Å². The van der Waals surface area contributed by atoms with Crippen LogP contribution in [-0.4, -0.2) is 38.6 Å². The third kappa shape index (κ3) is 1.63. The molecule has 1 fully saturated rings. The van der Waals surface area contributed by atoms with E-state index in [0.717, 1.165) is 13.0 Å². The lowest BCUT2D eigenvalue weighted by Crippen LogP contribution is -2.44. The molecule has 1 heterocycles. The van der Waals surface area contributed by atoms with Crippen LogP contribution in [0.4, 0.5) is 0 Å². The fourth-order valence-corrected chi connectivity index (χ4v) is 1.68. The Morgan fingerprint density at radius 3 is 2.67 bits per heavy atom. The highest BCUT2D eigenvalue weighted by atomic mass is 16.6. The minimum atomic E-state index is -0.171. The fourth-order valence-electron chi connectivity index (χ4n) is 1.68. The van der Waals surface area contributed by atoms with Crippen LogP contribution in [0.3, 0.4) is 0 Å². The van der Waals surface area contributed by atoms with Crippen molar-refractivity contribution in [2.75, 3.05) is 20.8 Å². The highest BCUT2D eigenvalue weighted by Crippen LogP contribution is 2.31. The van der Waals surface area contributed by atoms with Gasteiger partial charge in [-0.25, -0.2) is 0 Å². The van der Waals surface area contributed by atoms with Crippen LogP contribution < -0.4 is 0 Å². The quantitative estimate of drug-likeness (QED) is 0.643. The molecule has 0 amide bonds. The zero-order valence-electron chi connectivity index (χ0n) is 8.29. The molecule has 0 unspecified atom stereocenters. The monoisotopic (exact) mass is 174 g/mol. The van der Waals surface area contributed by atoms with Crippen LogP contribution in [0, 0.1) is 0 Å². The maximum Gasteiger partial charge on any atom is 0.112 e. The van der Waals surface area contributed by atoms with Gasteiger partial charge in [0, 0.05) is 20.6 Å². The topological polar surface area (TPSA) is 27.7 Å². The van der Waals surface area contributed by atoms with Gasteiger partial charge in [0.05, 0.1) is 18.3 Å². The Labute approximate surface area is 74.0 Å². The van der Waals surface area contributed by atoms with E-state index in [-0.39, 0.29) is 17.8 Å². The Bertz CT molecular complexity index is 149. The standard InChI is InChI=1S/C9H18O3/c1-7(10-3)8-9(2,11-4)5-6-12-8/h7-8H,5-6H2,1-4H3/t7-,8+,9+/m1/s1. The van der Waals surface area contributed by atoms with Crippen molar-refractivity contribution in [1.29, 1.82) is 0 Å². The minimum Gasteiger partial charge on any atom is -0.379 e. The molecule has 0 saturated carbocycles. The van der Waals surface area contributed by atoms with Crippen molar-refractivity contribution >= 4 is 0 Å². The number of rotatable bonds is 3. The second-order valence-corrected chi connectivity index (χ2v) is 3.50. The summed E-state index contributed by atoms with van der Waals surface area (Å²) in [6, 6.07) is 0. The van der Waals surface area contributed by atoms with Gasteiger partial charge in [-0.15, -0.1) is 0 Å². The van der Waals surface area contributed by atoms with E-state index in [1.54, 1.807) is 14.2 Å². The molecule has 1 saturated heterocycles. The Morgan fingerprint density at radius 2 is 2.17 bits per heavy atom. The third-order valence-corrected chi connectivity index (χ3v) is 2.76. The molecule has 0 aliphatic carbocycles. The number of hydrogen-bond donors (Lipinski definition) is 0. The number of ether oxygens (including phenoxy) is 3. The average Bonchev–Trinajstić information content (AvgIpc) is 2.47. The molecule has 1 aliphatic heterocycles. The van der Waals surface area contributed by atoms with E-state index in [0.29, 0.717) is 0 Å². The highest BCUT2D eigenvalue weighted by Gasteiger charge is 2.43. The summed E-state index contributed by atoms with van der Waals surface area (Å²) in [7, 11) is 3.42. The number of methoxy groups -OCH3 is 2. The van der Waals surface area contributed by atoms with Gasteiger partial charge in [0.15, 0.2) is 0 Å². The van der Waals surface area contributed by atoms with Crippen molar-refractivity contribution in [2.45, 2.75) is 38.1 Å². The molecule has 12 heavy (non-hydrogen) atoms. The maximum absolute atomic E-state index is 5.56. The van der Waals surface area contributed by atoms with Gasteiger partial charge in [-0.2, -0.15) is 0 Å². The smallest absolute Gasteiger partial charge is 0.112 e. The summed E-state index contributed by atoms with van der Waals surface area (Å²) in [6.45, 7) is 4.84. The predicted molar refractivity (Wildman–Crippen MR) is 46.2 cm³/mol. The Morgan fingerprint density at radius 1 is 1.50 bits per heavy atom. The third-order valence-electron chi connectivity index (χ3n) is 2.76. The summed E-state index contributed by atoms with van der Waals surface area (Å²) >= 11 is 0. The first-order valence-electron chi connectivity index (χ1n) is 4.33. The minimum absolute atomic E-state index is 0.0625. The molecule has 72 valence electrons. The normalized spacial score (nSPS) is 38.5. The van der Waals surface area contributed by atoms with Gasteiger partial charge in [0.25, 0.3) is 0 Å². The Balaban J connectivity index is 2.63. The van der Waals surface area contributed by atoms with Crippen LogP contribution in [0.2, 0.25) is 0 Å². The van der Waals surface area contributed by atoms with Gasteiger partial charge in [0.1, 0.15) is 6.10 Å². The van der Waals surface area contributed by atoms with Crippen molar-refractivity contribution in [2.24, 2.45) is 0 Å². The van der Waals surface area contributed by atoms with E-state index in [2.05, 4.69) is 6.92 Å². The van der Waals surface area contributed by atoms with Crippen molar-refractivity contribution in [3.05, 3.63) is 0 Å². The molecule has 0 bridgehead atoms. The van der Waals surface area contributed by atoms with E-state index < -0.39 is 0 Å². The maximum atomic E-state index is 5.56. The lowest BCUT2D eigenvalue weighted by atomic mass is 9.94. The lowest BCUT2D eigenvalue weighted by molar-refractivity contribution is -0.111. The second kappa shape index (κ2) is 3.73. The average molecular weight is 174 g/mol. The van der Waals surface area contributed by atoms with E-state index in [1.807, 2.05) is 6.92 Å².